The molecule has 2 rings (SSSR count). The molecule has 1 saturated heterocycles. The van der Waals surface area contributed by atoms with Crippen LogP contribution in [0, 0.1) is 0 Å². The minimum absolute atomic E-state index is 0.151. The Bertz CT molecular complexity index is 643. The van der Waals surface area contributed by atoms with Crippen molar-refractivity contribution in [3.8, 4) is 5.75 Å². The first kappa shape index (κ1) is 18.7. The number of benzene rings is 1. The third kappa shape index (κ3) is 5.49. The molecule has 1 aromatic carbocycles. The van der Waals surface area contributed by atoms with E-state index in [4.69, 9.17) is 4.74 Å². The minimum Gasteiger partial charge on any atom is -0.494 e. The second kappa shape index (κ2) is 8.48. The largest absolute Gasteiger partial charge is 0.494 e. The zero-order valence-corrected chi connectivity index (χ0v) is 15.1. The molecule has 0 spiro atoms. The van der Waals surface area contributed by atoms with Crippen molar-refractivity contribution in [2.24, 2.45) is 0 Å². The maximum absolute atomic E-state index is 12.3. The number of carbonyl (C=O) groups excluding carboxylic acids is 1. The standard InChI is InChI=1S/C17H26N2O4S/c1-3-4-12-23-16-9-7-14(8-10-16)17(20)18-15-6-5-11-19(13-15)24(2,21)22/h7-10,15H,3-6,11-13H2,1-2H3,(H,18,20). The molecule has 1 heterocycles. The lowest BCUT2D eigenvalue weighted by atomic mass is 10.1. The van der Waals surface area contributed by atoms with Crippen LogP contribution in [0.2, 0.25) is 0 Å². The molecule has 0 bridgehead atoms. The predicted molar refractivity (Wildman–Crippen MR) is 93.8 cm³/mol. The lowest BCUT2D eigenvalue weighted by Gasteiger charge is -2.31. The van der Waals surface area contributed by atoms with Crippen molar-refractivity contribution in [3.63, 3.8) is 0 Å². The number of ether oxygens (including phenoxy) is 1. The van der Waals surface area contributed by atoms with Crippen molar-refractivity contribution in [2.45, 2.75) is 38.6 Å². The second-order valence-electron chi connectivity index (χ2n) is 6.16. The lowest BCUT2D eigenvalue weighted by molar-refractivity contribution is 0.0921. The first-order valence-corrected chi connectivity index (χ1v) is 10.2. The molecule has 6 nitrogen and oxygen atoms in total. The molecule has 0 radical (unpaired) electrons. The van der Waals surface area contributed by atoms with Gasteiger partial charge in [-0.25, -0.2) is 12.7 Å². The highest BCUT2D eigenvalue weighted by atomic mass is 32.2. The highest BCUT2D eigenvalue weighted by Crippen LogP contribution is 2.15. The van der Waals surface area contributed by atoms with E-state index in [1.54, 1.807) is 24.3 Å². The Kier molecular flexibility index (Phi) is 6.62. The molecule has 0 aromatic heterocycles. The molecule has 1 aromatic rings. The van der Waals surface area contributed by atoms with Crippen molar-refractivity contribution in [1.29, 1.82) is 0 Å². The van der Waals surface area contributed by atoms with E-state index in [0.29, 0.717) is 25.3 Å². The van der Waals surface area contributed by atoms with Gasteiger partial charge in [0.05, 0.1) is 12.9 Å². The average Bonchev–Trinajstić information content (AvgIpc) is 2.55. The van der Waals surface area contributed by atoms with E-state index in [0.717, 1.165) is 31.4 Å². The van der Waals surface area contributed by atoms with Crippen molar-refractivity contribution in [3.05, 3.63) is 29.8 Å². The van der Waals surface area contributed by atoms with Gasteiger partial charge in [0.1, 0.15) is 5.75 Å². The zero-order valence-electron chi connectivity index (χ0n) is 14.3. The van der Waals surface area contributed by atoms with Gasteiger partial charge in [0, 0.05) is 24.7 Å². The quantitative estimate of drug-likeness (QED) is 0.760. The van der Waals surface area contributed by atoms with Crippen LogP contribution in [0.1, 0.15) is 43.0 Å². The number of amides is 1. The fourth-order valence-electron chi connectivity index (χ4n) is 2.67. The van der Waals surface area contributed by atoms with Crippen LogP contribution in [0.3, 0.4) is 0 Å². The maximum atomic E-state index is 12.3. The molecule has 0 saturated carbocycles. The Balaban J connectivity index is 1.90. The third-order valence-corrected chi connectivity index (χ3v) is 5.34. The smallest absolute Gasteiger partial charge is 0.251 e. The van der Waals surface area contributed by atoms with Crippen LogP contribution in [-0.2, 0) is 10.0 Å². The molecule has 1 atom stereocenters. The lowest BCUT2D eigenvalue weighted by Crippen LogP contribution is -2.49. The van der Waals surface area contributed by atoms with Gasteiger partial charge in [0.25, 0.3) is 5.91 Å². The summed E-state index contributed by atoms with van der Waals surface area (Å²) in [5.74, 6) is 0.566. The number of hydrogen-bond donors (Lipinski definition) is 1. The summed E-state index contributed by atoms with van der Waals surface area (Å²) in [6.07, 6.45) is 4.82. The number of unbranched alkanes of at least 4 members (excludes halogenated alkanes) is 1. The Hall–Kier alpha value is -1.60. The fourth-order valence-corrected chi connectivity index (χ4v) is 3.58. The number of nitrogens with one attached hydrogen (secondary N) is 1. The predicted octanol–water partition coefficient (Wildman–Crippen LogP) is 2.02. The normalized spacial score (nSPS) is 19.0. The van der Waals surface area contributed by atoms with Gasteiger partial charge in [-0.1, -0.05) is 13.3 Å². The van der Waals surface area contributed by atoms with Gasteiger partial charge in [-0.2, -0.15) is 0 Å². The summed E-state index contributed by atoms with van der Waals surface area (Å²) in [4.78, 5) is 12.3. The van der Waals surface area contributed by atoms with E-state index in [2.05, 4.69) is 12.2 Å². The van der Waals surface area contributed by atoms with Gasteiger partial charge in [-0.3, -0.25) is 4.79 Å². The van der Waals surface area contributed by atoms with E-state index in [9.17, 15) is 13.2 Å². The summed E-state index contributed by atoms with van der Waals surface area (Å²) in [6.45, 7) is 3.64. The molecule has 0 aliphatic carbocycles. The number of nitrogens with zero attached hydrogens (tertiary/aromatic N) is 1. The molecule has 1 unspecified atom stereocenters. The van der Waals surface area contributed by atoms with Crippen molar-refractivity contribution < 1.29 is 17.9 Å². The van der Waals surface area contributed by atoms with E-state index < -0.39 is 10.0 Å². The number of hydrogen-bond acceptors (Lipinski definition) is 4. The minimum atomic E-state index is -3.21. The Morgan fingerprint density at radius 2 is 2.04 bits per heavy atom. The van der Waals surface area contributed by atoms with Gasteiger partial charge >= 0.3 is 0 Å². The number of carbonyl (C=O) groups is 1. The molecule has 24 heavy (non-hydrogen) atoms. The summed E-state index contributed by atoms with van der Waals surface area (Å²) in [6, 6.07) is 6.88. The van der Waals surface area contributed by atoms with Gasteiger partial charge < -0.3 is 10.1 Å². The first-order chi connectivity index (χ1) is 11.4. The second-order valence-corrected chi connectivity index (χ2v) is 8.14. The molecule has 7 heteroatoms. The summed E-state index contributed by atoms with van der Waals surface area (Å²) in [5.41, 5.74) is 0.550. The monoisotopic (exact) mass is 354 g/mol. The third-order valence-electron chi connectivity index (χ3n) is 4.07. The Morgan fingerprint density at radius 1 is 1.33 bits per heavy atom. The Labute approximate surface area is 144 Å². The van der Waals surface area contributed by atoms with Crippen molar-refractivity contribution in [2.75, 3.05) is 26.0 Å². The Morgan fingerprint density at radius 3 is 2.67 bits per heavy atom. The van der Waals surface area contributed by atoms with Crippen LogP contribution < -0.4 is 10.1 Å². The van der Waals surface area contributed by atoms with Gasteiger partial charge in [0.2, 0.25) is 10.0 Å². The number of sulfonamides is 1. The van der Waals surface area contributed by atoms with E-state index in [1.807, 2.05) is 0 Å². The molecule has 1 aliphatic heterocycles. The molecule has 1 aliphatic rings. The molecule has 1 N–H and O–H groups in total. The summed E-state index contributed by atoms with van der Waals surface area (Å²) in [5, 5.41) is 2.92. The average molecular weight is 354 g/mol. The highest BCUT2D eigenvalue weighted by Gasteiger charge is 2.26. The molecular formula is C17H26N2O4S. The zero-order chi connectivity index (χ0) is 17.6. The van der Waals surface area contributed by atoms with Crippen LogP contribution in [0.15, 0.2) is 24.3 Å². The van der Waals surface area contributed by atoms with Gasteiger partial charge in [-0.15, -0.1) is 0 Å². The maximum Gasteiger partial charge on any atom is 0.251 e. The van der Waals surface area contributed by atoms with Crippen molar-refractivity contribution in [1.82, 2.24) is 9.62 Å². The van der Waals surface area contributed by atoms with E-state index in [1.165, 1.54) is 10.6 Å². The van der Waals surface area contributed by atoms with Crippen LogP contribution in [0.5, 0.6) is 5.75 Å². The summed E-state index contributed by atoms with van der Waals surface area (Å²) >= 11 is 0. The van der Waals surface area contributed by atoms with E-state index >= 15 is 0 Å². The topological polar surface area (TPSA) is 75.7 Å². The molecule has 1 fully saturated rings. The fraction of sp³-hybridized carbons (Fsp3) is 0.588. The molecular weight excluding hydrogens is 328 g/mol. The van der Waals surface area contributed by atoms with Crippen molar-refractivity contribution >= 4 is 15.9 Å². The summed E-state index contributed by atoms with van der Waals surface area (Å²) in [7, 11) is -3.21. The van der Waals surface area contributed by atoms with Crippen LogP contribution in [-0.4, -0.2) is 50.6 Å². The highest BCUT2D eigenvalue weighted by molar-refractivity contribution is 7.88. The van der Waals surface area contributed by atoms with Crippen LogP contribution in [0.25, 0.3) is 0 Å². The molecule has 1 amide bonds. The summed E-state index contributed by atoms with van der Waals surface area (Å²) < 4.78 is 30.3. The molecule has 134 valence electrons. The number of rotatable bonds is 7. The van der Waals surface area contributed by atoms with E-state index in [-0.39, 0.29) is 11.9 Å². The van der Waals surface area contributed by atoms with Gasteiger partial charge in [0.15, 0.2) is 0 Å². The first-order valence-electron chi connectivity index (χ1n) is 8.39. The van der Waals surface area contributed by atoms with Crippen LogP contribution >= 0.6 is 0 Å². The van der Waals surface area contributed by atoms with Gasteiger partial charge in [-0.05, 0) is 43.5 Å². The van der Waals surface area contributed by atoms with Crippen LogP contribution in [0.4, 0.5) is 0 Å². The SMILES string of the molecule is CCCCOc1ccc(C(=O)NC2CCCN(S(C)(=O)=O)C2)cc1. The number of piperidine rings is 1.